The van der Waals surface area contributed by atoms with Gasteiger partial charge < -0.3 is 5.32 Å². The summed E-state index contributed by atoms with van der Waals surface area (Å²) < 4.78 is 2.06. The number of imidazole rings is 1. The summed E-state index contributed by atoms with van der Waals surface area (Å²) in [6.07, 6.45) is 5.29. The quantitative estimate of drug-likeness (QED) is 0.554. The highest BCUT2D eigenvalue weighted by Gasteiger charge is 2.13. The van der Waals surface area contributed by atoms with Crippen LogP contribution in [0.1, 0.15) is 24.2 Å². The number of hydrogen-bond acceptors (Lipinski definition) is 4. The number of carbonyl (C=O) groups excluding carboxylic acids is 1. The molecular formula is C22H21N5O. The number of aromatic nitrogens is 4. The third-order valence-electron chi connectivity index (χ3n) is 4.48. The van der Waals surface area contributed by atoms with Crippen molar-refractivity contribution in [3.05, 3.63) is 78.4 Å². The van der Waals surface area contributed by atoms with Crippen LogP contribution in [0.5, 0.6) is 0 Å². The van der Waals surface area contributed by atoms with Crippen LogP contribution in [0.4, 0.5) is 5.82 Å². The zero-order valence-corrected chi connectivity index (χ0v) is 15.7. The molecule has 0 saturated carbocycles. The van der Waals surface area contributed by atoms with Crippen LogP contribution in [-0.2, 0) is 11.2 Å². The summed E-state index contributed by atoms with van der Waals surface area (Å²) in [7, 11) is 0. The molecule has 0 bridgehead atoms. The lowest BCUT2D eigenvalue weighted by atomic mass is 10.2. The van der Waals surface area contributed by atoms with Crippen LogP contribution >= 0.6 is 0 Å². The van der Waals surface area contributed by atoms with Gasteiger partial charge in [0.1, 0.15) is 17.2 Å². The number of aryl methyl sites for hydroxylation is 2. The first-order chi connectivity index (χ1) is 13.7. The molecule has 0 unspecified atom stereocenters. The second-order valence-electron chi connectivity index (χ2n) is 6.67. The molecule has 0 aliphatic rings. The van der Waals surface area contributed by atoms with E-state index in [1.54, 1.807) is 12.4 Å². The van der Waals surface area contributed by atoms with Gasteiger partial charge in [-0.25, -0.2) is 15.0 Å². The number of pyridine rings is 2. The third kappa shape index (κ3) is 3.91. The highest BCUT2D eigenvalue weighted by atomic mass is 16.1. The Labute approximate surface area is 163 Å². The molecule has 1 aromatic carbocycles. The largest absolute Gasteiger partial charge is 0.311 e. The minimum atomic E-state index is -0.0446. The maximum absolute atomic E-state index is 12.2. The van der Waals surface area contributed by atoms with Crippen LogP contribution in [-0.4, -0.2) is 25.4 Å². The van der Waals surface area contributed by atoms with E-state index < -0.39 is 0 Å². The van der Waals surface area contributed by atoms with Crippen molar-refractivity contribution in [2.45, 2.75) is 26.2 Å². The van der Waals surface area contributed by atoms with Gasteiger partial charge in [-0.15, -0.1) is 0 Å². The highest BCUT2D eigenvalue weighted by molar-refractivity contribution is 5.89. The Balaban J connectivity index is 1.47. The van der Waals surface area contributed by atoms with Crippen molar-refractivity contribution in [3.63, 3.8) is 0 Å². The molecule has 3 heterocycles. The molecule has 0 aliphatic heterocycles. The van der Waals surface area contributed by atoms with Crippen LogP contribution in [0.15, 0.2) is 67.0 Å². The number of anilines is 1. The summed E-state index contributed by atoms with van der Waals surface area (Å²) in [4.78, 5) is 25.7. The van der Waals surface area contributed by atoms with E-state index in [2.05, 4.69) is 19.9 Å². The molecule has 4 aromatic rings. The summed E-state index contributed by atoms with van der Waals surface area (Å²) in [5.41, 5.74) is 3.77. The second kappa shape index (κ2) is 8.00. The molecule has 6 heteroatoms. The van der Waals surface area contributed by atoms with E-state index in [1.165, 1.54) is 0 Å². The Bertz CT molecular complexity index is 1090. The molecule has 0 fully saturated rings. The van der Waals surface area contributed by atoms with Gasteiger partial charge in [-0.05, 0) is 49.2 Å². The van der Waals surface area contributed by atoms with Crippen molar-refractivity contribution in [2.75, 3.05) is 5.32 Å². The van der Waals surface area contributed by atoms with Crippen LogP contribution in [0.3, 0.4) is 0 Å². The van der Waals surface area contributed by atoms with E-state index in [1.807, 2.05) is 61.5 Å². The summed E-state index contributed by atoms with van der Waals surface area (Å²) in [6.45, 7) is 1.96. The van der Waals surface area contributed by atoms with E-state index >= 15 is 0 Å². The predicted molar refractivity (Wildman–Crippen MR) is 109 cm³/mol. The van der Waals surface area contributed by atoms with E-state index in [4.69, 9.17) is 4.98 Å². The third-order valence-corrected chi connectivity index (χ3v) is 4.48. The first-order valence-electron chi connectivity index (χ1n) is 9.31. The Morgan fingerprint density at radius 3 is 2.68 bits per heavy atom. The summed E-state index contributed by atoms with van der Waals surface area (Å²) in [5, 5.41) is 2.84. The first kappa shape index (κ1) is 17.9. The number of carbonyl (C=O) groups is 1. The lowest BCUT2D eigenvalue weighted by Crippen LogP contribution is -2.13. The summed E-state index contributed by atoms with van der Waals surface area (Å²) in [5.74, 6) is 1.44. The molecular weight excluding hydrogens is 350 g/mol. The molecule has 140 valence electrons. The molecule has 4 rings (SSSR count). The van der Waals surface area contributed by atoms with Crippen molar-refractivity contribution < 1.29 is 4.79 Å². The van der Waals surface area contributed by atoms with Gasteiger partial charge in [-0.3, -0.25) is 9.36 Å². The van der Waals surface area contributed by atoms with E-state index in [9.17, 15) is 4.79 Å². The fraction of sp³-hybridized carbons (Fsp3) is 0.182. The van der Waals surface area contributed by atoms with E-state index in [0.29, 0.717) is 25.1 Å². The minimum Gasteiger partial charge on any atom is -0.311 e. The number of hydrogen-bond donors (Lipinski definition) is 1. The van der Waals surface area contributed by atoms with Gasteiger partial charge in [-0.2, -0.15) is 0 Å². The lowest BCUT2D eigenvalue weighted by Gasteiger charge is -2.09. The highest BCUT2D eigenvalue weighted by Crippen LogP contribution is 2.21. The van der Waals surface area contributed by atoms with Gasteiger partial charge in [0.15, 0.2) is 5.65 Å². The summed E-state index contributed by atoms with van der Waals surface area (Å²) >= 11 is 0. The standard InChI is InChI=1S/C22H21N5O/c1-16-12-13-19(24-15-16)26-21(28)11-5-10-20-25-18-9-6-14-23-22(18)27(20)17-7-3-2-4-8-17/h2-4,6-9,12-15H,5,10-11H2,1H3,(H,24,26,28). The Kier molecular flexibility index (Phi) is 5.10. The van der Waals surface area contributed by atoms with Gasteiger partial charge >= 0.3 is 0 Å². The van der Waals surface area contributed by atoms with Crippen LogP contribution in [0, 0.1) is 6.92 Å². The molecule has 0 aliphatic carbocycles. The minimum absolute atomic E-state index is 0.0446. The molecule has 28 heavy (non-hydrogen) atoms. The normalized spacial score (nSPS) is 10.9. The van der Waals surface area contributed by atoms with Gasteiger partial charge in [-0.1, -0.05) is 24.3 Å². The van der Waals surface area contributed by atoms with Gasteiger partial charge in [0.25, 0.3) is 0 Å². The average Bonchev–Trinajstić information content (AvgIpc) is 3.08. The second-order valence-corrected chi connectivity index (χ2v) is 6.67. The van der Waals surface area contributed by atoms with Gasteiger partial charge in [0.2, 0.25) is 5.91 Å². The first-order valence-corrected chi connectivity index (χ1v) is 9.31. The monoisotopic (exact) mass is 371 g/mol. The maximum atomic E-state index is 12.2. The van der Waals surface area contributed by atoms with Gasteiger partial charge in [0, 0.05) is 30.9 Å². The number of amides is 1. The summed E-state index contributed by atoms with van der Waals surface area (Å²) in [6, 6.07) is 17.6. The number of fused-ring (bicyclic) bond motifs is 1. The molecule has 0 radical (unpaired) electrons. The zero-order chi connectivity index (χ0) is 19.3. The predicted octanol–water partition coefficient (Wildman–Crippen LogP) is 4.09. The van der Waals surface area contributed by atoms with E-state index in [-0.39, 0.29) is 5.91 Å². The molecule has 1 N–H and O–H groups in total. The number of benzene rings is 1. The van der Waals surface area contributed by atoms with Gasteiger partial charge in [0.05, 0.1) is 0 Å². The van der Waals surface area contributed by atoms with Crippen LogP contribution in [0.25, 0.3) is 16.9 Å². The van der Waals surface area contributed by atoms with E-state index in [0.717, 1.165) is 28.2 Å². The Morgan fingerprint density at radius 2 is 1.89 bits per heavy atom. The molecule has 3 aromatic heterocycles. The van der Waals surface area contributed by atoms with Crippen LogP contribution in [0.2, 0.25) is 0 Å². The van der Waals surface area contributed by atoms with Crippen molar-refractivity contribution >= 4 is 22.9 Å². The smallest absolute Gasteiger partial charge is 0.225 e. The number of nitrogens with zero attached hydrogens (tertiary/aromatic N) is 4. The molecule has 0 spiro atoms. The molecule has 0 saturated heterocycles. The fourth-order valence-electron chi connectivity index (χ4n) is 3.13. The van der Waals surface area contributed by atoms with Crippen molar-refractivity contribution in [1.29, 1.82) is 0 Å². The Hall–Kier alpha value is -3.54. The SMILES string of the molecule is Cc1ccc(NC(=O)CCCc2nc3cccnc3n2-c2ccccc2)nc1. The zero-order valence-electron chi connectivity index (χ0n) is 15.7. The van der Waals surface area contributed by atoms with Crippen molar-refractivity contribution in [1.82, 2.24) is 19.5 Å². The Morgan fingerprint density at radius 1 is 1.04 bits per heavy atom. The maximum Gasteiger partial charge on any atom is 0.225 e. The number of para-hydroxylation sites is 1. The fourth-order valence-corrected chi connectivity index (χ4v) is 3.13. The number of rotatable bonds is 6. The topological polar surface area (TPSA) is 72.7 Å². The number of nitrogens with one attached hydrogen (secondary N) is 1. The average molecular weight is 371 g/mol. The van der Waals surface area contributed by atoms with Crippen molar-refractivity contribution in [2.24, 2.45) is 0 Å². The lowest BCUT2D eigenvalue weighted by molar-refractivity contribution is -0.116. The molecule has 0 atom stereocenters. The molecule has 6 nitrogen and oxygen atoms in total. The van der Waals surface area contributed by atoms with Crippen molar-refractivity contribution in [3.8, 4) is 5.69 Å². The molecule has 1 amide bonds. The van der Waals surface area contributed by atoms with Crippen LogP contribution < -0.4 is 5.32 Å².